The van der Waals surface area contributed by atoms with E-state index in [-0.39, 0.29) is 17.7 Å². The number of nitrogens with zero attached hydrogens (tertiary/aromatic N) is 3. The molecule has 0 bridgehead atoms. The average molecular weight is 415 g/mol. The third kappa shape index (κ3) is 2.94. The lowest BCUT2D eigenvalue weighted by atomic mass is 10.2. The number of fused-ring (bicyclic) bond motifs is 1. The highest BCUT2D eigenvalue weighted by Crippen LogP contribution is 2.31. The molecule has 28 heavy (non-hydrogen) atoms. The number of rotatable bonds is 4. The maximum Gasteiger partial charge on any atom is 0.330 e. The molecule has 9 heteroatoms. The summed E-state index contributed by atoms with van der Waals surface area (Å²) in [4.78, 5) is 43.1. The van der Waals surface area contributed by atoms with Gasteiger partial charge in [-0.25, -0.2) is 9.78 Å². The molecule has 0 unspecified atom stereocenters. The number of aromatic amines is 1. The molecule has 0 aliphatic carbocycles. The topological polar surface area (TPSA) is 89.8 Å². The second kappa shape index (κ2) is 7.10. The molecular formula is C19H12Cl2N4O3. The van der Waals surface area contributed by atoms with Crippen molar-refractivity contribution in [3.63, 3.8) is 0 Å². The summed E-state index contributed by atoms with van der Waals surface area (Å²) in [5, 5.41) is 0.961. The van der Waals surface area contributed by atoms with Gasteiger partial charge in [0, 0.05) is 16.3 Å². The lowest BCUT2D eigenvalue weighted by Gasteiger charge is -2.10. The normalized spacial score (nSPS) is 11.1. The van der Waals surface area contributed by atoms with E-state index >= 15 is 0 Å². The number of aldehydes is 1. The van der Waals surface area contributed by atoms with Crippen LogP contribution in [0.4, 0.5) is 0 Å². The molecule has 1 N–H and O–H groups in total. The quantitative estimate of drug-likeness (QED) is 0.519. The van der Waals surface area contributed by atoms with E-state index in [1.807, 2.05) is 0 Å². The summed E-state index contributed by atoms with van der Waals surface area (Å²) in [6.07, 6.45) is 0.487. The van der Waals surface area contributed by atoms with Gasteiger partial charge in [-0.1, -0.05) is 35.3 Å². The standard InChI is InChI=1S/C19H12Cl2N4O3/c20-11-5-7-12(8-6-11)25-15-16(23-19(28)24(9-10-26)18(15)27)22-17(25)13-3-1-2-4-14(13)21/h1-8,10H,9H2,(H,23,28). The van der Waals surface area contributed by atoms with E-state index in [2.05, 4.69) is 9.97 Å². The Morgan fingerprint density at radius 2 is 1.75 bits per heavy atom. The molecule has 2 heterocycles. The summed E-state index contributed by atoms with van der Waals surface area (Å²) < 4.78 is 2.41. The van der Waals surface area contributed by atoms with Crippen molar-refractivity contribution in [3.05, 3.63) is 79.4 Å². The number of carbonyl (C=O) groups excluding carboxylic acids is 1. The molecule has 0 saturated carbocycles. The Bertz CT molecular complexity index is 1320. The summed E-state index contributed by atoms with van der Waals surface area (Å²) >= 11 is 12.3. The second-order valence-electron chi connectivity index (χ2n) is 5.94. The first-order valence-corrected chi connectivity index (χ1v) is 8.97. The van der Waals surface area contributed by atoms with Crippen LogP contribution < -0.4 is 11.2 Å². The molecule has 2 aromatic heterocycles. The van der Waals surface area contributed by atoms with E-state index < -0.39 is 11.2 Å². The van der Waals surface area contributed by atoms with Crippen LogP contribution in [0.3, 0.4) is 0 Å². The van der Waals surface area contributed by atoms with Crippen molar-refractivity contribution in [2.45, 2.75) is 6.54 Å². The number of H-pyrrole nitrogens is 1. The molecule has 0 amide bonds. The van der Waals surface area contributed by atoms with E-state index in [1.54, 1.807) is 53.1 Å². The summed E-state index contributed by atoms with van der Waals surface area (Å²) in [5.74, 6) is 0.375. The zero-order valence-electron chi connectivity index (χ0n) is 14.2. The van der Waals surface area contributed by atoms with Crippen LogP contribution in [-0.4, -0.2) is 25.4 Å². The molecule has 0 atom stereocenters. The van der Waals surface area contributed by atoms with Gasteiger partial charge in [0.25, 0.3) is 5.56 Å². The SMILES string of the molecule is O=CCn1c(=O)[nH]c2nc(-c3ccccc3Cl)n(-c3ccc(Cl)cc3)c2c1=O. The van der Waals surface area contributed by atoms with Crippen LogP contribution in [0.15, 0.2) is 58.1 Å². The average Bonchev–Trinajstić information content (AvgIpc) is 3.05. The summed E-state index contributed by atoms with van der Waals surface area (Å²) in [6.45, 7) is -0.364. The fourth-order valence-electron chi connectivity index (χ4n) is 3.00. The maximum atomic E-state index is 13.0. The number of aromatic nitrogens is 4. The molecule has 0 aliphatic rings. The molecule has 0 spiro atoms. The van der Waals surface area contributed by atoms with Crippen LogP contribution in [0.25, 0.3) is 28.2 Å². The molecule has 0 aliphatic heterocycles. The van der Waals surface area contributed by atoms with Gasteiger partial charge in [-0.2, -0.15) is 0 Å². The molecule has 140 valence electrons. The number of nitrogens with one attached hydrogen (secondary N) is 1. The van der Waals surface area contributed by atoms with Crippen LogP contribution in [0.1, 0.15) is 0 Å². The minimum atomic E-state index is -0.712. The Morgan fingerprint density at radius 3 is 2.43 bits per heavy atom. The minimum absolute atomic E-state index is 0.0991. The Kier molecular flexibility index (Phi) is 4.62. The monoisotopic (exact) mass is 414 g/mol. The Hall–Kier alpha value is -3.16. The number of carbonyl (C=O) groups is 1. The van der Waals surface area contributed by atoms with Gasteiger partial charge in [-0.3, -0.25) is 18.9 Å². The molecule has 4 aromatic rings. The summed E-state index contributed by atoms with van der Waals surface area (Å²) in [6, 6.07) is 13.8. The summed E-state index contributed by atoms with van der Waals surface area (Å²) in [5.41, 5.74) is 0.0597. The van der Waals surface area contributed by atoms with Crippen molar-refractivity contribution in [3.8, 4) is 17.1 Å². The largest absolute Gasteiger partial charge is 0.330 e. The van der Waals surface area contributed by atoms with Gasteiger partial charge in [0.05, 0.1) is 11.6 Å². The highest BCUT2D eigenvalue weighted by Gasteiger charge is 2.21. The number of benzene rings is 2. The fraction of sp³-hybridized carbons (Fsp3) is 0.0526. The molecular weight excluding hydrogens is 403 g/mol. The van der Waals surface area contributed by atoms with Crippen LogP contribution in [0.5, 0.6) is 0 Å². The lowest BCUT2D eigenvalue weighted by molar-refractivity contribution is -0.108. The third-order valence-electron chi connectivity index (χ3n) is 4.25. The molecule has 2 aromatic carbocycles. The number of imidazole rings is 1. The van der Waals surface area contributed by atoms with E-state index in [4.69, 9.17) is 23.2 Å². The van der Waals surface area contributed by atoms with Crippen molar-refractivity contribution >= 4 is 40.7 Å². The lowest BCUT2D eigenvalue weighted by Crippen LogP contribution is -2.36. The van der Waals surface area contributed by atoms with Crippen LogP contribution in [0, 0.1) is 0 Å². The Labute approximate surface area is 167 Å². The van der Waals surface area contributed by atoms with Gasteiger partial charge in [0.15, 0.2) is 11.2 Å². The predicted molar refractivity (Wildman–Crippen MR) is 107 cm³/mol. The fourth-order valence-corrected chi connectivity index (χ4v) is 3.34. The van der Waals surface area contributed by atoms with Gasteiger partial charge in [-0.15, -0.1) is 0 Å². The number of halogens is 2. The van der Waals surface area contributed by atoms with Gasteiger partial charge in [0.2, 0.25) is 0 Å². The first kappa shape index (κ1) is 18.2. The third-order valence-corrected chi connectivity index (χ3v) is 4.83. The van der Waals surface area contributed by atoms with E-state index in [9.17, 15) is 14.4 Å². The van der Waals surface area contributed by atoms with Crippen molar-refractivity contribution in [2.75, 3.05) is 0 Å². The summed E-state index contributed by atoms with van der Waals surface area (Å²) in [7, 11) is 0. The zero-order chi connectivity index (χ0) is 19.8. The van der Waals surface area contributed by atoms with E-state index in [0.717, 1.165) is 4.57 Å². The van der Waals surface area contributed by atoms with Crippen molar-refractivity contribution in [2.24, 2.45) is 0 Å². The van der Waals surface area contributed by atoms with Crippen LogP contribution >= 0.6 is 23.2 Å². The first-order chi connectivity index (χ1) is 13.5. The molecule has 0 saturated heterocycles. The second-order valence-corrected chi connectivity index (χ2v) is 6.78. The van der Waals surface area contributed by atoms with Crippen LogP contribution in [-0.2, 0) is 11.3 Å². The highest BCUT2D eigenvalue weighted by atomic mass is 35.5. The molecule has 0 radical (unpaired) electrons. The smallest absolute Gasteiger partial charge is 0.301 e. The molecule has 0 fully saturated rings. The number of hydrogen-bond donors (Lipinski definition) is 1. The highest BCUT2D eigenvalue weighted by molar-refractivity contribution is 6.33. The minimum Gasteiger partial charge on any atom is -0.301 e. The number of hydrogen-bond acceptors (Lipinski definition) is 4. The van der Waals surface area contributed by atoms with Crippen LogP contribution in [0.2, 0.25) is 10.0 Å². The Balaban J connectivity index is 2.16. The van der Waals surface area contributed by atoms with Gasteiger partial charge < -0.3 is 4.79 Å². The van der Waals surface area contributed by atoms with E-state index in [1.165, 1.54) is 0 Å². The van der Waals surface area contributed by atoms with Crippen molar-refractivity contribution < 1.29 is 4.79 Å². The first-order valence-electron chi connectivity index (χ1n) is 8.21. The molecule has 4 rings (SSSR count). The Morgan fingerprint density at radius 1 is 1.04 bits per heavy atom. The predicted octanol–water partition coefficient (Wildman–Crippen LogP) is 3.05. The van der Waals surface area contributed by atoms with Gasteiger partial charge in [-0.05, 0) is 36.4 Å². The van der Waals surface area contributed by atoms with Gasteiger partial charge in [0.1, 0.15) is 12.1 Å². The zero-order valence-corrected chi connectivity index (χ0v) is 15.7. The maximum absolute atomic E-state index is 13.0. The van der Waals surface area contributed by atoms with Crippen molar-refractivity contribution in [1.82, 2.24) is 19.1 Å². The van der Waals surface area contributed by atoms with E-state index in [0.29, 0.717) is 33.4 Å². The van der Waals surface area contributed by atoms with Gasteiger partial charge >= 0.3 is 5.69 Å². The van der Waals surface area contributed by atoms with Crippen molar-refractivity contribution in [1.29, 1.82) is 0 Å². The molecule has 7 nitrogen and oxygen atoms in total.